The number of sulfonamides is 1. The Balaban J connectivity index is 1.47. The molecule has 2 aromatic heterocycles. The van der Waals surface area contributed by atoms with Gasteiger partial charge in [-0.15, -0.1) is 0 Å². The van der Waals surface area contributed by atoms with Gasteiger partial charge in [-0.25, -0.2) is 13.4 Å². The first kappa shape index (κ1) is 25.0. The van der Waals surface area contributed by atoms with Gasteiger partial charge in [-0.3, -0.25) is 9.69 Å². The Morgan fingerprint density at radius 2 is 2.03 bits per heavy atom. The maximum absolute atomic E-state index is 13.7. The summed E-state index contributed by atoms with van der Waals surface area (Å²) in [6, 6.07) is 13.4. The van der Waals surface area contributed by atoms with E-state index in [1.807, 2.05) is 19.1 Å². The van der Waals surface area contributed by atoms with Crippen LogP contribution in [-0.2, 0) is 16.6 Å². The molecule has 2 aromatic carbocycles. The second kappa shape index (κ2) is 9.97. The molecule has 0 radical (unpaired) electrons. The molecule has 0 N–H and O–H groups in total. The van der Waals surface area contributed by atoms with Gasteiger partial charge >= 0.3 is 0 Å². The van der Waals surface area contributed by atoms with E-state index in [-0.39, 0.29) is 17.3 Å². The molecule has 1 aliphatic heterocycles. The molecule has 1 aliphatic rings. The highest BCUT2D eigenvalue weighted by Crippen LogP contribution is 2.34. The van der Waals surface area contributed by atoms with Crippen molar-refractivity contribution in [3.63, 3.8) is 0 Å². The van der Waals surface area contributed by atoms with Crippen LogP contribution >= 0.6 is 22.9 Å². The molecule has 0 aliphatic carbocycles. The van der Waals surface area contributed by atoms with E-state index < -0.39 is 10.0 Å². The first-order valence-corrected chi connectivity index (χ1v) is 14.4. The molecular weight excluding hydrogens is 518 g/mol. The number of nitrogens with zero attached hydrogens (tertiary/aromatic N) is 3. The SMILES string of the molecule is Cc1cc(Cl)cc2sc(N(Cc3ccco3)C(=O)c3ccc(S(=O)(=O)N4CCCC(C)C4)cc3)nc12. The molecule has 188 valence electrons. The van der Waals surface area contributed by atoms with Crippen molar-refractivity contribution >= 4 is 54.2 Å². The Hall–Kier alpha value is -2.72. The fraction of sp³-hybridized carbons (Fsp3) is 0.308. The van der Waals surface area contributed by atoms with E-state index in [9.17, 15) is 13.2 Å². The van der Waals surface area contributed by atoms with E-state index >= 15 is 0 Å². The zero-order valence-electron chi connectivity index (χ0n) is 20.0. The van der Waals surface area contributed by atoms with Gasteiger partial charge in [0.25, 0.3) is 5.91 Å². The predicted octanol–water partition coefficient (Wildman–Crippen LogP) is 6.12. The van der Waals surface area contributed by atoms with Gasteiger partial charge < -0.3 is 4.42 Å². The average Bonchev–Trinajstić information content (AvgIpc) is 3.52. The molecule has 0 bridgehead atoms. The third kappa shape index (κ3) is 4.93. The molecule has 7 nitrogen and oxygen atoms in total. The first-order valence-electron chi connectivity index (χ1n) is 11.7. The molecule has 1 unspecified atom stereocenters. The summed E-state index contributed by atoms with van der Waals surface area (Å²) in [7, 11) is -3.61. The number of aryl methyl sites for hydroxylation is 1. The Kier molecular flexibility index (Phi) is 6.91. The molecule has 4 aromatic rings. The lowest BCUT2D eigenvalue weighted by atomic mass is 10.0. The van der Waals surface area contributed by atoms with Crippen molar-refractivity contribution in [2.45, 2.75) is 38.1 Å². The summed E-state index contributed by atoms with van der Waals surface area (Å²) in [6.07, 6.45) is 3.44. The number of piperidine rings is 1. The lowest BCUT2D eigenvalue weighted by molar-refractivity contribution is 0.0983. The standard InChI is InChI=1S/C26H26ClN3O4S2/c1-17-5-3-11-29(15-17)36(32,33)22-9-7-19(8-10-22)25(31)30(16-21-6-4-12-34-21)26-28-24-18(2)13-20(27)14-23(24)35-26/h4,6-10,12-14,17H,3,5,11,15-16H2,1-2H3. The van der Waals surface area contributed by atoms with Crippen LogP contribution in [0.15, 0.2) is 64.1 Å². The number of fused-ring (bicyclic) bond motifs is 1. The molecule has 1 amide bonds. The number of hydrogen-bond donors (Lipinski definition) is 0. The quantitative estimate of drug-likeness (QED) is 0.292. The lowest BCUT2D eigenvalue weighted by Crippen LogP contribution is -2.39. The van der Waals surface area contributed by atoms with Gasteiger partial charge in [0.15, 0.2) is 5.13 Å². The second-order valence-electron chi connectivity index (χ2n) is 9.17. The summed E-state index contributed by atoms with van der Waals surface area (Å²) >= 11 is 7.60. The number of carbonyl (C=O) groups is 1. The zero-order chi connectivity index (χ0) is 25.4. The number of rotatable bonds is 6. The van der Waals surface area contributed by atoms with Crippen molar-refractivity contribution in [3.8, 4) is 0 Å². The molecule has 1 saturated heterocycles. The third-order valence-corrected chi connectivity index (χ3v) is 9.49. The number of halogens is 1. The largest absolute Gasteiger partial charge is 0.467 e. The first-order chi connectivity index (χ1) is 17.2. The normalized spacial score (nSPS) is 16.9. The van der Waals surface area contributed by atoms with Gasteiger partial charge in [-0.05, 0) is 79.8 Å². The van der Waals surface area contributed by atoms with Crippen molar-refractivity contribution in [3.05, 3.63) is 76.7 Å². The Bertz CT molecular complexity index is 1500. The number of aromatic nitrogens is 1. The number of benzene rings is 2. The zero-order valence-corrected chi connectivity index (χ0v) is 22.4. The minimum absolute atomic E-state index is 0.185. The van der Waals surface area contributed by atoms with E-state index in [4.69, 9.17) is 21.0 Å². The number of hydrogen-bond acceptors (Lipinski definition) is 6. The van der Waals surface area contributed by atoms with Crippen molar-refractivity contribution in [2.75, 3.05) is 18.0 Å². The van der Waals surface area contributed by atoms with Crippen LogP contribution < -0.4 is 4.90 Å². The van der Waals surface area contributed by atoms with E-state index in [0.29, 0.717) is 40.5 Å². The molecule has 1 atom stereocenters. The minimum Gasteiger partial charge on any atom is -0.467 e. The molecule has 5 rings (SSSR count). The van der Waals surface area contributed by atoms with E-state index in [0.717, 1.165) is 28.6 Å². The fourth-order valence-electron chi connectivity index (χ4n) is 4.48. The summed E-state index contributed by atoms with van der Waals surface area (Å²) in [5.41, 5.74) is 2.07. The van der Waals surface area contributed by atoms with E-state index in [2.05, 4.69) is 6.92 Å². The third-order valence-electron chi connectivity index (χ3n) is 6.37. The highest BCUT2D eigenvalue weighted by atomic mass is 35.5. The predicted molar refractivity (Wildman–Crippen MR) is 142 cm³/mol. The van der Waals surface area contributed by atoms with Crippen LogP contribution in [0.4, 0.5) is 5.13 Å². The van der Waals surface area contributed by atoms with Crippen LogP contribution in [0.2, 0.25) is 5.02 Å². The highest BCUT2D eigenvalue weighted by Gasteiger charge is 2.29. The van der Waals surface area contributed by atoms with Crippen LogP contribution in [0.1, 0.15) is 41.4 Å². The number of amides is 1. The summed E-state index contributed by atoms with van der Waals surface area (Å²) in [5, 5.41) is 1.12. The Morgan fingerprint density at radius 1 is 1.25 bits per heavy atom. The Labute approximate surface area is 219 Å². The van der Waals surface area contributed by atoms with Crippen LogP contribution in [-0.4, -0.2) is 36.7 Å². The molecule has 1 fully saturated rings. The monoisotopic (exact) mass is 543 g/mol. The number of thiazole rings is 1. The van der Waals surface area contributed by atoms with Gasteiger partial charge in [0.1, 0.15) is 5.76 Å². The summed E-state index contributed by atoms with van der Waals surface area (Å²) in [6.45, 7) is 5.21. The summed E-state index contributed by atoms with van der Waals surface area (Å²) in [4.78, 5) is 20.1. The minimum atomic E-state index is -3.61. The van der Waals surface area contributed by atoms with Crippen LogP contribution in [0.5, 0.6) is 0 Å². The van der Waals surface area contributed by atoms with Crippen LogP contribution in [0, 0.1) is 12.8 Å². The van der Waals surface area contributed by atoms with Gasteiger partial charge in [0.2, 0.25) is 10.0 Å². The van der Waals surface area contributed by atoms with Gasteiger partial charge in [0, 0.05) is 23.7 Å². The van der Waals surface area contributed by atoms with Crippen molar-refractivity contribution in [1.82, 2.24) is 9.29 Å². The second-order valence-corrected chi connectivity index (χ2v) is 12.6. The smallest absolute Gasteiger partial charge is 0.260 e. The van der Waals surface area contributed by atoms with Gasteiger partial charge in [0.05, 0.1) is 27.9 Å². The average molecular weight is 544 g/mol. The molecule has 36 heavy (non-hydrogen) atoms. The van der Waals surface area contributed by atoms with Crippen molar-refractivity contribution in [1.29, 1.82) is 0 Å². The van der Waals surface area contributed by atoms with Crippen molar-refractivity contribution in [2.24, 2.45) is 5.92 Å². The molecule has 10 heteroatoms. The molecule has 0 saturated carbocycles. The van der Waals surface area contributed by atoms with Crippen LogP contribution in [0.3, 0.4) is 0 Å². The lowest BCUT2D eigenvalue weighted by Gasteiger charge is -2.30. The molecule has 3 heterocycles. The molecule has 0 spiro atoms. The van der Waals surface area contributed by atoms with E-state index in [1.165, 1.54) is 27.8 Å². The van der Waals surface area contributed by atoms with Crippen molar-refractivity contribution < 1.29 is 17.6 Å². The Morgan fingerprint density at radius 3 is 2.72 bits per heavy atom. The topological polar surface area (TPSA) is 83.7 Å². The summed E-state index contributed by atoms with van der Waals surface area (Å²) in [5.74, 6) is 0.636. The highest BCUT2D eigenvalue weighted by molar-refractivity contribution is 7.89. The van der Waals surface area contributed by atoms with Crippen LogP contribution in [0.25, 0.3) is 10.2 Å². The fourth-order valence-corrected chi connectivity index (χ4v) is 7.50. The molecular formula is C26H26ClN3O4S2. The van der Waals surface area contributed by atoms with Gasteiger partial charge in [-0.2, -0.15) is 4.31 Å². The number of furan rings is 1. The maximum atomic E-state index is 13.7. The number of anilines is 1. The summed E-state index contributed by atoms with van der Waals surface area (Å²) < 4.78 is 34.2. The van der Waals surface area contributed by atoms with Gasteiger partial charge in [-0.1, -0.05) is 29.9 Å². The maximum Gasteiger partial charge on any atom is 0.260 e. The number of carbonyl (C=O) groups excluding carboxylic acids is 1. The van der Waals surface area contributed by atoms with E-state index in [1.54, 1.807) is 35.4 Å².